The van der Waals surface area contributed by atoms with E-state index >= 15 is 0 Å². The average molecular weight is 461 g/mol. The Morgan fingerprint density at radius 1 is 0.971 bits per heavy atom. The molecule has 2 fully saturated rings. The maximum atomic E-state index is 13.3. The zero-order chi connectivity index (χ0) is 23.9. The Balaban J connectivity index is 1.41. The second-order valence-corrected chi connectivity index (χ2v) is 8.72. The van der Waals surface area contributed by atoms with Crippen LogP contribution in [0.2, 0.25) is 0 Å². The van der Waals surface area contributed by atoms with Gasteiger partial charge in [-0.3, -0.25) is 34.2 Å². The highest BCUT2D eigenvalue weighted by Gasteiger charge is 2.45. The molecule has 3 heterocycles. The van der Waals surface area contributed by atoms with Crippen molar-refractivity contribution in [3.05, 3.63) is 70.8 Å². The monoisotopic (exact) mass is 461 g/mol. The second-order valence-electron chi connectivity index (χ2n) is 8.72. The van der Waals surface area contributed by atoms with E-state index in [2.05, 4.69) is 10.6 Å². The number of ether oxygens (including phenoxy) is 1. The topological polar surface area (TPSA) is 122 Å². The molecule has 0 aromatic heterocycles. The summed E-state index contributed by atoms with van der Waals surface area (Å²) in [6.07, 6.45) is 1.33. The van der Waals surface area contributed by atoms with Crippen LogP contribution in [0, 0.1) is 0 Å². The Morgan fingerprint density at radius 2 is 1.68 bits per heavy atom. The summed E-state index contributed by atoms with van der Waals surface area (Å²) >= 11 is 0. The van der Waals surface area contributed by atoms with Gasteiger partial charge in [-0.15, -0.1) is 0 Å². The Labute approximate surface area is 195 Å². The molecule has 1 unspecified atom stereocenters. The number of hydrogen-bond donors (Lipinski definition) is 2. The molecule has 174 valence electrons. The van der Waals surface area contributed by atoms with Crippen LogP contribution in [0.5, 0.6) is 0 Å². The summed E-state index contributed by atoms with van der Waals surface area (Å²) in [6, 6.07) is 13.0. The minimum absolute atomic E-state index is 0.0444. The number of benzene rings is 2. The zero-order valence-corrected chi connectivity index (χ0v) is 18.3. The van der Waals surface area contributed by atoms with Gasteiger partial charge < -0.3 is 10.1 Å². The third kappa shape index (κ3) is 3.67. The van der Waals surface area contributed by atoms with Crippen LogP contribution in [0.1, 0.15) is 62.3 Å². The summed E-state index contributed by atoms with van der Waals surface area (Å²) in [5.41, 5.74) is 0.821. The standard InChI is InChI=1S/C25H23N3O6/c29-20-9-8-19(22(31)26-20)28-23(32)17-7-6-15(14-18(17)24(28)33)21(30)27-25(10-12-34-13-11-25)16-4-2-1-3-5-16/h1-7,14,19H,8-13H2,(H,27,30)(H,26,29,31). The van der Waals surface area contributed by atoms with E-state index in [1.54, 1.807) is 0 Å². The van der Waals surface area contributed by atoms with Gasteiger partial charge in [-0.1, -0.05) is 30.3 Å². The van der Waals surface area contributed by atoms with Crippen LogP contribution in [-0.4, -0.2) is 53.7 Å². The van der Waals surface area contributed by atoms with Gasteiger partial charge in [-0.05, 0) is 43.0 Å². The number of amides is 5. The first-order chi connectivity index (χ1) is 16.4. The van der Waals surface area contributed by atoms with E-state index in [-0.39, 0.29) is 35.4 Å². The van der Waals surface area contributed by atoms with Gasteiger partial charge in [0.15, 0.2) is 0 Å². The zero-order valence-electron chi connectivity index (χ0n) is 18.3. The third-order valence-electron chi connectivity index (χ3n) is 6.73. The molecule has 9 nitrogen and oxygen atoms in total. The average Bonchev–Trinajstić information content (AvgIpc) is 3.10. The van der Waals surface area contributed by atoms with Gasteiger partial charge in [-0.25, -0.2) is 0 Å². The van der Waals surface area contributed by atoms with Gasteiger partial charge in [-0.2, -0.15) is 0 Å². The molecule has 0 spiro atoms. The van der Waals surface area contributed by atoms with Crippen LogP contribution < -0.4 is 10.6 Å². The van der Waals surface area contributed by atoms with E-state index < -0.39 is 35.2 Å². The molecule has 2 N–H and O–H groups in total. The van der Waals surface area contributed by atoms with E-state index in [0.717, 1.165) is 10.5 Å². The SMILES string of the molecule is O=C1CCC(N2C(=O)c3ccc(C(=O)NC4(c5ccccc5)CCOCC4)cc3C2=O)C(=O)N1. The maximum absolute atomic E-state index is 13.3. The normalized spacial score (nSPS) is 21.8. The minimum atomic E-state index is -1.05. The lowest BCUT2D eigenvalue weighted by atomic mass is 9.82. The van der Waals surface area contributed by atoms with Gasteiger partial charge in [0.25, 0.3) is 17.7 Å². The van der Waals surface area contributed by atoms with Crippen LogP contribution in [0.3, 0.4) is 0 Å². The van der Waals surface area contributed by atoms with Crippen LogP contribution in [0.4, 0.5) is 0 Å². The first kappa shape index (κ1) is 22.0. The molecule has 2 aromatic carbocycles. The number of hydrogen-bond acceptors (Lipinski definition) is 6. The molecular weight excluding hydrogens is 438 g/mol. The second kappa shape index (κ2) is 8.49. The summed E-state index contributed by atoms with van der Waals surface area (Å²) in [5, 5.41) is 5.31. The molecule has 3 aliphatic rings. The van der Waals surface area contributed by atoms with Crippen LogP contribution in [-0.2, 0) is 19.9 Å². The number of nitrogens with one attached hydrogen (secondary N) is 2. The molecule has 0 aliphatic carbocycles. The summed E-state index contributed by atoms with van der Waals surface area (Å²) in [5.74, 6) is -2.72. The number of carbonyl (C=O) groups is 5. The number of fused-ring (bicyclic) bond motifs is 1. The molecule has 9 heteroatoms. The lowest BCUT2D eigenvalue weighted by molar-refractivity contribution is -0.136. The minimum Gasteiger partial charge on any atom is -0.381 e. The van der Waals surface area contributed by atoms with Gasteiger partial charge in [0.1, 0.15) is 6.04 Å². The van der Waals surface area contributed by atoms with Crippen molar-refractivity contribution in [3.8, 4) is 0 Å². The molecule has 2 aromatic rings. The number of rotatable bonds is 4. The predicted molar refractivity (Wildman–Crippen MR) is 119 cm³/mol. The maximum Gasteiger partial charge on any atom is 0.262 e. The Bertz CT molecular complexity index is 1200. The molecule has 34 heavy (non-hydrogen) atoms. The largest absolute Gasteiger partial charge is 0.381 e. The van der Waals surface area contributed by atoms with Crippen molar-refractivity contribution < 1.29 is 28.7 Å². The fourth-order valence-corrected chi connectivity index (χ4v) is 4.86. The van der Waals surface area contributed by atoms with Crippen LogP contribution in [0.15, 0.2) is 48.5 Å². The fraction of sp³-hybridized carbons (Fsp3) is 0.320. The molecule has 0 radical (unpaired) electrons. The first-order valence-corrected chi connectivity index (χ1v) is 11.2. The predicted octanol–water partition coefficient (Wildman–Crippen LogP) is 1.52. The molecular formula is C25H23N3O6. The first-order valence-electron chi connectivity index (χ1n) is 11.2. The summed E-state index contributed by atoms with van der Waals surface area (Å²) in [6.45, 7) is 1.01. The molecule has 5 amide bonds. The lowest BCUT2D eigenvalue weighted by Gasteiger charge is -2.38. The fourth-order valence-electron chi connectivity index (χ4n) is 4.86. The summed E-state index contributed by atoms with van der Waals surface area (Å²) in [4.78, 5) is 63.8. The molecule has 0 bridgehead atoms. The lowest BCUT2D eigenvalue weighted by Crippen LogP contribution is -2.54. The molecule has 3 aliphatic heterocycles. The van der Waals surface area contributed by atoms with E-state index in [1.807, 2.05) is 30.3 Å². The summed E-state index contributed by atoms with van der Waals surface area (Å²) < 4.78 is 5.51. The van der Waals surface area contributed by atoms with Crippen molar-refractivity contribution >= 4 is 29.5 Å². The highest BCUT2D eigenvalue weighted by molar-refractivity contribution is 6.24. The van der Waals surface area contributed by atoms with Crippen LogP contribution >= 0.6 is 0 Å². The number of carbonyl (C=O) groups excluding carboxylic acids is 5. The number of nitrogens with zero attached hydrogens (tertiary/aromatic N) is 1. The number of imide groups is 2. The molecule has 1 atom stereocenters. The van der Waals surface area contributed by atoms with Gasteiger partial charge >= 0.3 is 0 Å². The van der Waals surface area contributed by atoms with E-state index in [4.69, 9.17) is 4.74 Å². The highest BCUT2D eigenvalue weighted by atomic mass is 16.5. The van der Waals surface area contributed by atoms with Gasteiger partial charge in [0.2, 0.25) is 11.8 Å². The highest BCUT2D eigenvalue weighted by Crippen LogP contribution is 2.33. The van der Waals surface area contributed by atoms with Gasteiger partial charge in [0, 0.05) is 25.2 Å². The molecule has 0 saturated carbocycles. The van der Waals surface area contributed by atoms with Crippen molar-refractivity contribution in [2.24, 2.45) is 0 Å². The van der Waals surface area contributed by atoms with Crippen molar-refractivity contribution in [1.82, 2.24) is 15.5 Å². The Hall–Kier alpha value is -3.85. The van der Waals surface area contributed by atoms with Crippen molar-refractivity contribution in [2.45, 2.75) is 37.3 Å². The molecule has 5 rings (SSSR count). The van der Waals surface area contributed by atoms with Crippen LogP contribution in [0.25, 0.3) is 0 Å². The summed E-state index contributed by atoms with van der Waals surface area (Å²) in [7, 11) is 0. The molecule has 2 saturated heterocycles. The third-order valence-corrected chi connectivity index (χ3v) is 6.73. The van der Waals surface area contributed by atoms with E-state index in [1.165, 1.54) is 18.2 Å². The van der Waals surface area contributed by atoms with Crippen molar-refractivity contribution in [2.75, 3.05) is 13.2 Å². The Morgan fingerprint density at radius 3 is 2.38 bits per heavy atom. The van der Waals surface area contributed by atoms with E-state index in [9.17, 15) is 24.0 Å². The quantitative estimate of drug-likeness (QED) is 0.666. The smallest absolute Gasteiger partial charge is 0.262 e. The van der Waals surface area contributed by atoms with Gasteiger partial charge in [0.05, 0.1) is 16.7 Å². The van der Waals surface area contributed by atoms with Crippen molar-refractivity contribution in [3.63, 3.8) is 0 Å². The van der Waals surface area contributed by atoms with Crippen molar-refractivity contribution in [1.29, 1.82) is 0 Å². The Kier molecular flexibility index (Phi) is 5.49. The number of piperidine rings is 1. The van der Waals surface area contributed by atoms with E-state index in [0.29, 0.717) is 26.1 Å².